The summed E-state index contributed by atoms with van der Waals surface area (Å²) in [7, 11) is 0. The van der Waals surface area contributed by atoms with Gasteiger partial charge in [0.1, 0.15) is 0 Å². The van der Waals surface area contributed by atoms with Crippen molar-refractivity contribution in [2.24, 2.45) is 0 Å². The Morgan fingerprint density at radius 1 is 1.05 bits per heavy atom. The number of allylic oxidation sites excluding steroid dienone is 2. The van der Waals surface area contributed by atoms with Crippen LogP contribution in [0.1, 0.15) is 19.3 Å². The topological polar surface area (TPSA) is 30.5 Å². The van der Waals surface area contributed by atoms with Gasteiger partial charge in [0.25, 0.3) is 0 Å². The average molecular weight is 262 g/mol. The number of hydrogen-bond acceptors (Lipinski definition) is 4. The minimum Gasteiger partial charge on any atom is -0.383 e. The first-order valence-electron chi connectivity index (χ1n) is 7.68. The van der Waals surface area contributed by atoms with E-state index >= 15 is 0 Å². The average Bonchev–Trinajstić information content (AvgIpc) is 2.88. The zero-order valence-corrected chi connectivity index (χ0v) is 11.7. The summed E-state index contributed by atoms with van der Waals surface area (Å²) in [6.07, 6.45) is 12.6. The van der Waals surface area contributed by atoms with Crippen LogP contribution in [0.25, 0.3) is 0 Å². The Labute approximate surface area is 116 Å². The highest BCUT2D eigenvalue weighted by atomic mass is 15.4. The molecule has 4 nitrogen and oxygen atoms in total. The Balaban J connectivity index is 1.39. The van der Waals surface area contributed by atoms with E-state index in [1.54, 1.807) is 0 Å². The van der Waals surface area contributed by atoms with Gasteiger partial charge in [0.05, 0.1) is 12.7 Å². The maximum absolute atomic E-state index is 3.65. The van der Waals surface area contributed by atoms with Crippen molar-refractivity contribution in [1.82, 2.24) is 20.4 Å². The molecular weight excluding hydrogens is 236 g/mol. The van der Waals surface area contributed by atoms with Crippen molar-refractivity contribution >= 4 is 0 Å². The zero-order valence-electron chi connectivity index (χ0n) is 11.7. The van der Waals surface area contributed by atoms with Crippen LogP contribution in [0.3, 0.4) is 0 Å². The van der Waals surface area contributed by atoms with Gasteiger partial charge in [0.15, 0.2) is 0 Å². The fourth-order valence-corrected chi connectivity index (χ4v) is 3.28. The molecule has 4 heteroatoms. The highest BCUT2D eigenvalue weighted by Crippen LogP contribution is 2.12. The molecule has 0 aromatic rings. The molecule has 2 fully saturated rings. The molecule has 2 N–H and O–H groups in total. The smallest absolute Gasteiger partial charge is 0.0569 e. The summed E-state index contributed by atoms with van der Waals surface area (Å²) in [6, 6.07) is 1.21. The third kappa shape index (κ3) is 3.81. The van der Waals surface area contributed by atoms with Gasteiger partial charge in [-0.1, -0.05) is 18.6 Å². The van der Waals surface area contributed by atoms with E-state index in [0.29, 0.717) is 6.04 Å². The van der Waals surface area contributed by atoms with Crippen LogP contribution in [-0.4, -0.2) is 61.3 Å². The van der Waals surface area contributed by atoms with Gasteiger partial charge in [-0.25, -0.2) is 0 Å². The fraction of sp³-hybridized carbons (Fsp3) is 0.733. The molecule has 0 aromatic carbocycles. The Kier molecular flexibility index (Phi) is 4.53. The first-order chi connectivity index (χ1) is 9.40. The number of nitrogens with one attached hydrogen (secondary N) is 2. The number of rotatable bonds is 4. The summed E-state index contributed by atoms with van der Waals surface area (Å²) in [6.45, 7) is 7.13. The minimum atomic E-state index is 0.484. The highest BCUT2D eigenvalue weighted by molar-refractivity contribution is 5.12. The highest BCUT2D eigenvalue weighted by Gasteiger charge is 2.24. The molecule has 2 unspecified atom stereocenters. The molecule has 0 amide bonds. The van der Waals surface area contributed by atoms with Crippen molar-refractivity contribution in [2.45, 2.75) is 31.3 Å². The molecule has 0 aromatic heterocycles. The summed E-state index contributed by atoms with van der Waals surface area (Å²) in [5, 5.41) is 7.05. The largest absolute Gasteiger partial charge is 0.383 e. The van der Waals surface area contributed by atoms with E-state index in [0.717, 1.165) is 19.3 Å². The molecule has 2 atom stereocenters. The van der Waals surface area contributed by atoms with E-state index in [-0.39, 0.29) is 0 Å². The molecule has 106 valence electrons. The molecule has 3 aliphatic heterocycles. The second kappa shape index (κ2) is 6.55. The maximum Gasteiger partial charge on any atom is 0.0569 e. The van der Waals surface area contributed by atoms with Crippen LogP contribution in [0.4, 0.5) is 0 Å². The molecule has 0 spiro atoms. The molecule has 19 heavy (non-hydrogen) atoms. The number of nitrogens with zero attached hydrogens (tertiary/aromatic N) is 2. The van der Waals surface area contributed by atoms with E-state index < -0.39 is 0 Å². The Morgan fingerprint density at radius 2 is 1.95 bits per heavy atom. The number of dihydropyridines is 1. The quantitative estimate of drug-likeness (QED) is 0.782. The summed E-state index contributed by atoms with van der Waals surface area (Å²) in [5.74, 6) is 0. The lowest BCUT2D eigenvalue weighted by Gasteiger charge is -2.28. The van der Waals surface area contributed by atoms with Gasteiger partial charge >= 0.3 is 0 Å². The van der Waals surface area contributed by atoms with Gasteiger partial charge in [-0.15, -0.1) is 0 Å². The van der Waals surface area contributed by atoms with E-state index in [2.05, 4.69) is 38.7 Å². The van der Waals surface area contributed by atoms with Crippen molar-refractivity contribution in [3.05, 3.63) is 24.4 Å². The molecule has 3 rings (SSSR count). The number of piperidine rings is 1. The van der Waals surface area contributed by atoms with Crippen molar-refractivity contribution in [3.8, 4) is 0 Å². The predicted molar refractivity (Wildman–Crippen MR) is 78.9 cm³/mol. The zero-order chi connectivity index (χ0) is 12.9. The second-order valence-electron chi connectivity index (χ2n) is 5.96. The Bertz CT molecular complexity index is 333. The normalized spacial score (nSPS) is 32.6. The third-order valence-corrected chi connectivity index (χ3v) is 4.34. The maximum atomic E-state index is 3.65. The first-order valence-corrected chi connectivity index (χ1v) is 7.68. The van der Waals surface area contributed by atoms with Crippen LogP contribution in [0.5, 0.6) is 0 Å². The SMILES string of the molecule is C1=CNC(CN2CCN(CC3CCCCN3)C2)C=C1. The van der Waals surface area contributed by atoms with Crippen LogP contribution in [-0.2, 0) is 0 Å². The standard InChI is InChI=1S/C15H26N4/c1-3-7-16-14(5-1)11-18-9-10-19(13-18)12-15-6-2-4-8-17-15/h1,3,5,7,14-17H,2,4,6,8-13H2. The monoisotopic (exact) mass is 262 g/mol. The van der Waals surface area contributed by atoms with Crippen LogP contribution in [0.15, 0.2) is 24.4 Å². The Morgan fingerprint density at radius 3 is 2.68 bits per heavy atom. The van der Waals surface area contributed by atoms with Gasteiger partial charge in [-0.05, 0) is 31.7 Å². The minimum absolute atomic E-state index is 0.484. The summed E-state index contributed by atoms with van der Waals surface area (Å²) < 4.78 is 0. The summed E-state index contributed by atoms with van der Waals surface area (Å²) in [5.41, 5.74) is 0. The molecule has 3 aliphatic rings. The molecule has 2 saturated heterocycles. The second-order valence-corrected chi connectivity index (χ2v) is 5.96. The third-order valence-electron chi connectivity index (χ3n) is 4.34. The van der Waals surface area contributed by atoms with Crippen molar-refractivity contribution in [2.75, 3.05) is 39.4 Å². The lowest BCUT2D eigenvalue weighted by atomic mass is 10.0. The predicted octanol–water partition coefficient (Wildman–Crippen LogP) is 0.745. The number of hydrogen-bond donors (Lipinski definition) is 2. The van der Waals surface area contributed by atoms with Gasteiger partial charge in [-0.2, -0.15) is 0 Å². The van der Waals surface area contributed by atoms with E-state index in [1.807, 2.05) is 6.20 Å². The molecule has 0 bridgehead atoms. The van der Waals surface area contributed by atoms with Crippen LogP contribution >= 0.6 is 0 Å². The van der Waals surface area contributed by atoms with Crippen LogP contribution in [0.2, 0.25) is 0 Å². The molecule has 0 saturated carbocycles. The Hall–Kier alpha value is -0.840. The first kappa shape index (κ1) is 13.2. The fourth-order valence-electron chi connectivity index (χ4n) is 3.28. The van der Waals surface area contributed by atoms with Crippen molar-refractivity contribution in [3.63, 3.8) is 0 Å². The van der Waals surface area contributed by atoms with Crippen LogP contribution < -0.4 is 10.6 Å². The van der Waals surface area contributed by atoms with E-state index in [4.69, 9.17) is 0 Å². The van der Waals surface area contributed by atoms with Gasteiger partial charge in [-0.3, -0.25) is 9.80 Å². The molecule has 0 aliphatic carbocycles. The molecular formula is C15H26N4. The van der Waals surface area contributed by atoms with E-state index in [1.165, 1.54) is 45.4 Å². The summed E-state index contributed by atoms with van der Waals surface area (Å²) in [4.78, 5) is 5.16. The summed E-state index contributed by atoms with van der Waals surface area (Å²) >= 11 is 0. The lowest BCUT2D eigenvalue weighted by Crippen LogP contribution is -2.44. The van der Waals surface area contributed by atoms with Crippen LogP contribution in [0, 0.1) is 0 Å². The molecule has 3 heterocycles. The van der Waals surface area contributed by atoms with Crippen molar-refractivity contribution in [1.29, 1.82) is 0 Å². The van der Waals surface area contributed by atoms with Gasteiger partial charge in [0, 0.05) is 32.2 Å². The van der Waals surface area contributed by atoms with Crippen molar-refractivity contribution < 1.29 is 0 Å². The van der Waals surface area contributed by atoms with Gasteiger partial charge < -0.3 is 10.6 Å². The van der Waals surface area contributed by atoms with E-state index in [9.17, 15) is 0 Å². The lowest BCUT2D eigenvalue weighted by molar-refractivity contribution is 0.210. The van der Waals surface area contributed by atoms with Gasteiger partial charge in [0.2, 0.25) is 0 Å². The molecule has 0 radical (unpaired) electrons.